The Balaban J connectivity index is 2.46. The zero-order valence-electron chi connectivity index (χ0n) is 13.5. The van der Waals surface area contributed by atoms with E-state index >= 15 is 0 Å². The molecule has 0 spiro atoms. The number of aromatic nitrogens is 2. The number of thioether (sulfide) groups is 1. The van der Waals surface area contributed by atoms with Gasteiger partial charge in [-0.2, -0.15) is 0 Å². The summed E-state index contributed by atoms with van der Waals surface area (Å²) in [5.41, 5.74) is 0.128. The number of rotatable bonds is 5. The van der Waals surface area contributed by atoms with Crippen LogP contribution in [0.5, 0.6) is 0 Å². The van der Waals surface area contributed by atoms with Gasteiger partial charge >= 0.3 is 6.01 Å². The molecule has 1 aromatic carbocycles. The van der Waals surface area contributed by atoms with Crippen LogP contribution in [0.4, 0.5) is 6.01 Å². The van der Waals surface area contributed by atoms with Crippen molar-refractivity contribution in [2.24, 2.45) is 0 Å². The summed E-state index contributed by atoms with van der Waals surface area (Å²) < 4.78 is 29.0. The van der Waals surface area contributed by atoms with Gasteiger partial charge in [-0.1, -0.05) is 30.5 Å². The number of benzene rings is 1. The van der Waals surface area contributed by atoms with E-state index in [-0.39, 0.29) is 26.7 Å². The molecule has 2 rings (SSSR count). The Bertz CT molecular complexity index is 878. The van der Waals surface area contributed by atoms with E-state index in [4.69, 9.17) is 16.0 Å². The van der Waals surface area contributed by atoms with E-state index in [2.05, 4.69) is 15.5 Å². The lowest BCUT2D eigenvalue weighted by Gasteiger charge is -2.14. The molecule has 1 heterocycles. The molecule has 2 aromatic rings. The predicted molar refractivity (Wildman–Crippen MR) is 92.5 cm³/mol. The largest absolute Gasteiger partial charge is 0.408 e. The summed E-state index contributed by atoms with van der Waals surface area (Å²) in [7, 11) is -3.48. The third kappa shape index (κ3) is 4.28. The van der Waals surface area contributed by atoms with Crippen LogP contribution in [0.1, 0.15) is 30.1 Å². The van der Waals surface area contributed by atoms with Crippen LogP contribution in [-0.2, 0) is 9.84 Å². The molecule has 1 aromatic heterocycles. The van der Waals surface area contributed by atoms with Gasteiger partial charge in [-0.15, -0.1) is 16.9 Å². The number of nitrogens with zero attached hydrogens (tertiary/aromatic N) is 2. The smallest absolute Gasteiger partial charge is 0.322 e. The van der Waals surface area contributed by atoms with Gasteiger partial charge in [0.15, 0.2) is 9.84 Å². The van der Waals surface area contributed by atoms with Gasteiger partial charge in [-0.3, -0.25) is 10.1 Å². The Labute approximate surface area is 149 Å². The number of carbonyl (C=O) groups is 1. The second kappa shape index (κ2) is 7.12. The summed E-state index contributed by atoms with van der Waals surface area (Å²) in [6.07, 6.45) is 1.10. The van der Waals surface area contributed by atoms with Gasteiger partial charge in [0.2, 0.25) is 5.89 Å². The van der Waals surface area contributed by atoms with Gasteiger partial charge in [0, 0.05) is 23.3 Å². The summed E-state index contributed by atoms with van der Waals surface area (Å²) in [5.74, 6) is -0.255. The molecule has 0 radical (unpaired) electrons. The summed E-state index contributed by atoms with van der Waals surface area (Å²) >= 11 is 7.60. The van der Waals surface area contributed by atoms with Crippen LogP contribution in [0.15, 0.2) is 26.3 Å². The summed E-state index contributed by atoms with van der Waals surface area (Å²) in [5, 5.41) is 9.88. The minimum absolute atomic E-state index is 0.0566. The number of hydrogen-bond donors (Lipinski definition) is 1. The maximum Gasteiger partial charge on any atom is 0.322 e. The van der Waals surface area contributed by atoms with Crippen molar-refractivity contribution in [1.29, 1.82) is 0 Å². The zero-order chi connectivity index (χ0) is 18.1. The molecule has 0 aliphatic carbocycles. The topological polar surface area (TPSA) is 102 Å². The van der Waals surface area contributed by atoms with E-state index in [1.165, 1.54) is 23.9 Å². The molecular weight excluding hydrogens is 374 g/mol. The van der Waals surface area contributed by atoms with Gasteiger partial charge < -0.3 is 4.42 Å². The van der Waals surface area contributed by atoms with Gasteiger partial charge in [0.25, 0.3) is 5.91 Å². The Kier molecular flexibility index (Phi) is 5.56. The third-order valence-electron chi connectivity index (χ3n) is 2.81. The number of amides is 1. The fourth-order valence-corrected chi connectivity index (χ4v) is 4.52. The van der Waals surface area contributed by atoms with Crippen molar-refractivity contribution >= 4 is 45.1 Å². The van der Waals surface area contributed by atoms with E-state index in [9.17, 15) is 13.2 Å². The highest BCUT2D eigenvalue weighted by Gasteiger charge is 2.23. The number of nitrogens with one attached hydrogen (secondary N) is 1. The highest BCUT2D eigenvalue weighted by molar-refractivity contribution is 8.00. The van der Waals surface area contributed by atoms with E-state index in [0.717, 1.165) is 6.26 Å². The van der Waals surface area contributed by atoms with Crippen molar-refractivity contribution in [2.45, 2.75) is 35.8 Å². The van der Waals surface area contributed by atoms with Crippen molar-refractivity contribution in [3.8, 4) is 0 Å². The number of hydrogen-bond acceptors (Lipinski definition) is 7. The van der Waals surface area contributed by atoms with E-state index in [1.54, 1.807) is 6.92 Å². The van der Waals surface area contributed by atoms with Crippen molar-refractivity contribution in [3.63, 3.8) is 0 Å². The fraction of sp³-hybridized carbons (Fsp3) is 0.357. The SMILES string of the molecule is Cc1nnc(NC(=O)c2ccc(S(C)(=O)=O)c(SC(C)C)c2Cl)o1. The highest BCUT2D eigenvalue weighted by atomic mass is 35.5. The van der Waals surface area contributed by atoms with E-state index < -0.39 is 15.7 Å². The predicted octanol–water partition coefficient (Wildman–Crippen LogP) is 3.19. The van der Waals surface area contributed by atoms with Crippen LogP contribution in [-0.4, -0.2) is 36.0 Å². The molecular formula is C14H16ClN3O4S2. The van der Waals surface area contributed by atoms with Crippen LogP contribution in [0.2, 0.25) is 5.02 Å². The van der Waals surface area contributed by atoms with Crippen molar-refractivity contribution < 1.29 is 17.6 Å². The van der Waals surface area contributed by atoms with Crippen LogP contribution in [0.3, 0.4) is 0 Å². The van der Waals surface area contributed by atoms with Gasteiger partial charge in [-0.25, -0.2) is 8.42 Å². The Morgan fingerprint density at radius 2 is 2.00 bits per heavy atom. The molecule has 0 atom stereocenters. The summed E-state index contributed by atoms with van der Waals surface area (Å²) in [4.78, 5) is 12.8. The third-order valence-corrected chi connectivity index (χ3v) is 5.71. The zero-order valence-corrected chi connectivity index (χ0v) is 15.8. The standard InChI is InChI=1S/C14H16ClN3O4S2/c1-7(2)23-12-10(24(4,20)21)6-5-9(11(12)15)13(19)16-14-18-17-8(3)22-14/h5-7H,1-4H3,(H,16,18,19). The molecule has 0 aliphatic rings. The van der Waals surface area contributed by atoms with E-state index in [0.29, 0.717) is 10.8 Å². The van der Waals surface area contributed by atoms with Crippen LogP contribution in [0, 0.1) is 6.92 Å². The molecule has 0 unspecified atom stereocenters. The first-order valence-corrected chi connectivity index (χ1v) is 10.0. The first kappa shape index (κ1) is 18.8. The molecule has 1 amide bonds. The molecule has 0 aliphatic heterocycles. The van der Waals surface area contributed by atoms with Crippen LogP contribution < -0.4 is 5.32 Å². The number of carbonyl (C=O) groups excluding carboxylic acids is 1. The van der Waals surface area contributed by atoms with Crippen LogP contribution >= 0.6 is 23.4 Å². The van der Waals surface area contributed by atoms with Crippen molar-refractivity contribution in [1.82, 2.24) is 10.2 Å². The number of aryl methyl sites for hydroxylation is 1. The number of sulfone groups is 1. The lowest BCUT2D eigenvalue weighted by atomic mass is 10.2. The monoisotopic (exact) mass is 389 g/mol. The molecule has 10 heteroatoms. The first-order valence-electron chi connectivity index (χ1n) is 6.90. The molecule has 130 valence electrons. The van der Waals surface area contributed by atoms with Gasteiger partial charge in [0.05, 0.1) is 15.5 Å². The fourth-order valence-electron chi connectivity index (χ4n) is 1.86. The average molecular weight is 390 g/mol. The maximum atomic E-state index is 12.4. The Morgan fingerprint density at radius 3 is 2.50 bits per heavy atom. The molecule has 0 fully saturated rings. The second-order valence-corrected chi connectivity index (χ2v) is 9.22. The minimum Gasteiger partial charge on any atom is -0.408 e. The number of anilines is 1. The first-order chi connectivity index (χ1) is 11.1. The number of halogens is 1. The van der Waals surface area contributed by atoms with Crippen molar-refractivity contribution in [2.75, 3.05) is 11.6 Å². The minimum atomic E-state index is -3.48. The lowest BCUT2D eigenvalue weighted by Crippen LogP contribution is -2.14. The highest BCUT2D eigenvalue weighted by Crippen LogP contribution is 2.38. The van der Waals surface area contributed by atoms with Gasteiger partial charge in [0.1, 0.15) is 0 Å². The maximum absolute atomic E-state index is 12.4. The summed E-state index contributed by atoms with van der Waals surface area (Å²) in [6, 6.07) is 2.68. The molecule has 0 bridgehead atoms. The quantitative estimate of drug-likeness (QED) is 0.783. The molecule has 1 N–H and O–H groups in total. The molecule has 7 nitrogen and oxygen atoms in total. The molecule has 24 heavy (non-hydrogen) atoms. The average Bonchev–Trinajstić information content (AvgIpc) is 2.84. The van der Waals surface area contributed by atoms with Crippen LogP contribution in [0.25, 0.3) is 0 Å². The lowest BCUT2D eigenvalue weighted by molar-refractivity contribution is 0.102. The molecule has 0 saturated heterocycles. The molecule has 0 saturated carbocycles. The van der Waals surface area contributed by atoms with Crippen molar-refractivity contribution in [3.05, 3.63) is 28.6 Å². The Morgan fingerprint density at radius 1 is 1.33 bits per heavy atom. The normalized spacial score (nSPS) is 11.8. The Hall–Kier alpha value is -1.58. The van der Waals surface area contributed by atoms with Gasteiger partial charge in [-0.05, 0) is 12.1 Å². The summed E-state index contributed by atoms with van der Waals surface area (Å²) in [6.45, 7) is 5.40. The van der Waals surface area contributed by atoms with E-state index in [1.807, 2.05) is 13.8 Å². The second-order valence-electron chi connectivity index (χ2n) is 5.27.